The Morgan fingerprint density at radius 3 is 2.23 bits per heavy atom. The van der Waals surface area contributed by atoms with E-state index in [9.17, 15) is 9.59 Å². The van der Waals surface area contributed by atoms with Gasteiger partial charge in [0.15, 0.2) is 6.61 Å². The van der Waals surface area contributed by atoms with Gasteiger partial charge >= 0.3 is 0 Å². The Bertz CT molecular complexity index is 780. The van der Waals surface area contributed by atoms with E-state index in [1.807, 2.05) is 45.0 Å². The van der Waals surface area contributed by atoms with Gasteiger partial charge in [0.2, 0.25) is 5.91 Å². The summed E-state index contributed by atoms with van der Waals surface area (Å²) in [4.78, 5) is 25.8. The van der Waals surface area contributed by atoms with Crippen LogP contribution < -0.4 is 10.1 Å². The number of amides is 2. The van der Waals surface area contributed by atoms with E-state index in [1.54, 1.807) is 19.2 Å². The minimum atomic E-state index is -0.264. The third kappa shape index (κ3) is 5.59. The van der Waals surface area contributed by atoms with Gasteiger partial charge in [-0.25, -0.2) is 0 Å². The van der Waals surface area contributed by atoms with Crippen LogP contribution in [0, 0.1) is 20.8 Å². The van der Waals surface area contributed by atoms with Gasteiger partial charge in [0, 0.05) is 17.2 Å². The fourth-order valence-corrected chi connectivity index (χ4v) is 2.91. The van der Waals surface area contributed by atoms with Crippen LogP contribution in [0.15, 0.2) is 40.9 Å². The summed E-state index contributed by atoms with van der Waals surface area (Å²) in [5.74, 6) is 0.102. The molecule has 0 radical (unpaired) electrons. The average Bonchev–Trinajstić information content (AvgIpc) is 2.57. The highest BCUT2D eigenvalue weighted by atomic mass is 79.9. The van der Waals surface area contributed by atoms with Gasteiger partial charge in [-0.15, -0.1) is 0 Å². The van der Waals surface area contributed by atoms with Crippen LogP contribution in [0.3, 0.4) is 0 Å². The first-order chi connectivity index (χ1) is 12.3. The Morgan fingerprint density at radius 2 is 1.65 bits per heavy atom. The quantitative estimate of drug-likeness (QED) is 0.774. The van der Waals surface area contributed by atoms with E-state index in [-0.39, 0.29) is 25.0 Å². The van der Waals surface area contributed by atoms with E-state index in [2.05, 4.69) is 21.2 Å². The molecule has 0 aliphatic rings. The molecule has 2 aromatic rings. The highest BCUT2D eigenvalue weighted by molar-refractivity contribution is 9.10. The SMILES string of the molecule is Cc1cc(C)c(NC(=O)CN(C)C(=O)COc2ccc(Br)cc2)c(C)c1. The first kappa shape index (κ1) is 20.0. The van der Waals surface area contributed by atoms with Crippen LogP contribution in [0.4, 0.5) is 5.69 Å². The molecule has 1 N–H and O–H groups in total. The van der Waals surface area contributed by atoms with E-state index in [0.29, 0.717) is 5.75 Å². The highest BCUT2D eigenvalue weighted by Crippen LogP contribution is 2.21. The van der Waals surface area contributed by atoms with Crippen molar-refractivity contribution in [2.75, 3.05) is 25.5 Å². The first-order valence-electron chi connectivity index (χ1n) is 8.26. The second kappa shape index (κ2) is 8.85. The maximum atomic E-state index is 12.3. The lowest BCUT2D eigenvalue weighted by Gasteiger charge is -2.18. The van der Waals surface area contributed by atoms with Crippen molar-refractivity contribution >= 4 is 33.4 Å². The molecule has 0 saturated carbocycles. The number of halogens is 1. The van der Waals surface area contributed by atoms with Crippen LogP contribution in [-0.2, 0) is 9.59 Å². The van der Waals surface area contributed by atoms with Crippen LogP contribution in [-0.4, -0.2) is 36.9 Å². The summed E-state index contributed by atoms with van der Waals surface area (Å²) in [6.45, 7) is 5.78. The number of carbonyl (C=O) groups is 2. The summed E-state index contributed by atoms with van der Waals surface area (Å²) in [6.07, 6.45) is 0. The standard InChI is InChI=1S/C20H23BrN2O3/c1-13-9-14(2)20(15(3)10-13)22-18(24)11-23(4)19(25)12-26-17-7-5-16(21)6-8-17/h5-10H,11-12H2,1-4H3,(H,22,24). The molecular weight excluding hydrogens is 396 g/mol. The van der Waals surface area contributed by atoms with Crippen LogP contribution in [0.5, 0.6) is 5.75 Å². The molecule has 0 fully saturated rings. The maximum Gasteiger partial charge on any atom is 0.260 e. The largest absolute Gasteiger partial charge is 0.484 e. The Morgan fingerprint density at radius 1 is 1.08 bits per heavy atom. The van der Waals surface area contributed by atoms with Crippen LogP contribution >= 0.6 is 15.9 Å². The number of nitrogens with zero attached hydrogens (tertiary/aromatic N) is 1. The van der Waals surface area contributed by atoms with Crippen molar-refractivity contribution in [1.29, 1.82) is 0 Å². The van der Waals surface area contributed by atoms with Gasteiger partial charge in [-0.2, -0.15) is 0 Å². The molecule has 0 bridgehead atoms. The third-order valence-corrected chi connectivity index (χ3v) is 4.45. The number of anilines is 1. The van der Waals surface area contributed by atoms with Crippen molar-refractivity contribution in [2.24, 2.45) is 0 Å². The molecule has 0 heterocycles. The fourth-order valence-electron chi connectivity index (χ4n) is 2.65. The van der Waals surface area contributed by atoms with E-state index in [0.717, 1.165) is 26.9 Å². The van der Waals surface area contributed by atoms with Gasteiger partial charge in [-0.3, -0.25) is 9.59 Å². The zero-order chi connectivity index (χ0) is 19.3. The van der Waals surface area contributed by atoms with Crippen molar-refractivity contribution in [1.82, 2.24) is 4.90 Å². The van der Waals surface area contributed by atoms with Gasteiger partial charge in [0.05, 0.1) is 6.54 Å². The molecule has 138 valence electrons. The van der Waals surface area contributed by atoms with Gasteiger partial charge in [-0.1, -0.05) is 33.6 Å². The Hall–Kier alpha value is -2.34. The van der Waals surface area contributed by atoms with Crippen molar-refractivity contribution < 1.29 is 14.3 Å². The van der Waals surface area contributed by atoms with Crippen LogP contribution in [0.25, 0.3) is 0 Å². The number of hydrogen-bond acceptors (Lipinski definition) is 3. The summed E-state index contributed by atoms with van der Waals surface area (Å²) in [5, 5.41) is 2.89. The predicted molar refractivity (Wildman–Crippen MR) is 107 cm³/mol. The van der Waals surface area contributed by atoms with E-state index in [4.69, 9.17) is 4.74 Å². The number of carbonyl (C=O) groups excluding carboxylic acids is 2. The van der Waals surface area contributed by atoms with Crippen molar-refractivity contribution in [3.63, 3.8) is 0 Å². The lowest BCUT2D eigenvalue weighted by molar-refractivity contribution is -0.135. The molecule has 6 heteroatoms. The van der Waals surface area contributed by atoms with Crippen molar-refractivity contribution in [3.05, 3.63) is 57.6 Å². The van der Waals surface area contributed by atoms with Gasteiger partial charge < -0.3 is 15.0 Å². The number of benzene rings is 2. The molecule has 2 aromatic carbocycles. The molecule has 0 aliphatic heterocycles. The van der Waals surface area contributed by atoms with Gasteiger partial charge in [0.25, 0.3) is 5.91 Å². The molecule has 0 aliphatic carbocycles. The number of nitrogens with one attached hydrogen (secondary N) is 1. The Kier molecular flexibility index (Phi) is 6.80. The molecule has 26 heavy (non-hydrogen) atoms. The van der Waals surface area contributed by atoms with Crippen molar-refractivity contribution in [3.8, 4) is 5.75 Å². The zero-order valence-corrected chi connectivity index (χ0v) is 17.0. The molecule has 0 aromatic heterocycles. The van der Waals surface area contributed by atoms with Crippen molar-refractivity contribution in [2.45, 2.75) is 20.8 Å². The number of ether oxygens (including phenoxy) is 1. The number of likely N-dealkylation sites (N-methyl/N-ethyl adjacent to an activating group) is 1. The van der Waals surface area contributed by atoms with E-state index < -0.39 is 0 Å². The summed E-state index contributed by atoms with van der Waals surface area (Å²) in [7, 11) is 1.59. The van der Waals surface area contributed by atoms with Gasteiger partial charge in [-0.05, 0) is 56.2 Å². The maximum absolute atomic E-state index is 12.3. The molecule has 0 unspecified atom stereocenters. The van der Waals surface area contributed by atoms with Gasteiger partial charge in [0.1, 0.15) is 5.75 Å². The summed E-state index contributed by atoms with van der Waals surface area (Å²) >= 11 is 3.34. The summed E-state index contributed by atoms with van der Waals surface area (Å²) in [6, 6.07) is 11.2. The third-order valence-electron chi connectivity index (χ3n) is 3.92. The Balaban J connectivity index is 1.88. The van der Waals surface area contributed by atoms with Crippen LogP contribution in [0.2, 0.25) is 0 Å². The second-order valence-electron chi connectivity index (χ2n) is 6.31. The number of hydrogen-bond donors (Lipinski definition) is 1. The average molecular weight is 419 g/mol. The smallest absolute Gasteiger partial charge is 0.260 e. The lowest BCUT2D eigenvalue weighted by atomic mass is 10.1. The molecule has 0 spiro atoms. The molecule has 2 amide bonds. The molecule has 0 atom stereocenters. The molecular formula is C20H23BrN2O3. The molecule has 0 saturated heterocycles. The van der Waals surface area contributed by atoms with E-state index in [1.165, 1.54) is 4.90 Å². The lowest BCUT2D eigenvalue weighted by Crippen LogP contribution is -2.37. The predicted octanol–water partition coefficient (Wildman–Crippen LogP) is 3.85. The fraction of sp³-hybridized carbons (Fsp3) is 0.300. The summed E-state index contributed by atoms with van der Waals surface area (Å²) < 4.78 is 6.39. The second-order valence-corrected chi connectivity index (χ2v) is 7.23. The van der Waals surface area contributed by atoms with E-state index >= 15 is 0 Å². The highest BCUT2D eigenvalue weighted by Gasteiger charge is 2.15. The monoisotopic (exact) mass is 418 g/mol. The normalized spacial score (nSPS) is 10.3. The summed E-state index contributed by atoms with van der Waals surface area (Å²) in [5.41, 5.74) is 3.95. The minimum Gasteiger partial charge on any atom is -0.484 e. The topological polar surface area (TPSA) is 58.6 Å². The molecule has 5 nitrogen and oxygen atoms in total. The van der Waals surface area contributed by atoms with Crippen LogP contribution in [0.1, 0.15) is 16.7 Å². The number of rotatable bonds is 6. The molecule has 2 rings (SSSR count). The Labute approximate surface area is 162 Å². The number of aryl methyl sites for hydroxylation is 3. The first-order valence-corrected chi connectivity index (χ1v) is 9.05. The minimum absolute atomic E-state index is 0.0325. The zero-order valence-electron chi connectivity index (χ0n) is 15.4.